The van der Waals surface area contributed by atoms with E-state index in [0.717, 1.165) is 0 Å². The lowest BCUT2D eigenvalue weighted by Gasteiger charge is -2.15. The van der Waals surface area contributed by atoms with Crippen LogP contribution in [0, 0.1) is 0 Å². The number of benzene rings is 2. The molecule has 0 saturated heterocycles. The van der Waals surface area contributed by atoms with Gasteiger partial charge in [-0.15, -0.1) is 0 Å². The fourth-order valence-corrected chi connectivity index (χ4v) is 2.51. The first-order chi connectivity index (χ1) is 10.6. The lowest BCUT2D eigenvalue weighted by atomic mass is 10.1. The Morgan fingerprint density at radius 3 is 2.27 bits per heavy atom. The number of rotatable bonds is 2. The van der Waals surface area contributed by atoms with Crippen molar-refractivity contribution in [2.45, 2.75) is 6.92 Å². The Bertz CT molecular complexity index is 806. The number of hydrogen-bond donors (Lipinski definition) is 0. The minimum absolute atomic E-state index is 0.0996. The highest BCUT2D eigenvalue weighted by molar-refractivity contribution is 6.27. The second-order valence-electron chi connectivity index (χ2n) is 4.96. The number of carbonyl (C=O) groups excluding carboxylic acids is 3. The molecule has 0 atom stereocenters. The molecule has 2 aromatic rings. The lowest BCUT2D eigenvalue weighted by molar-refractivity contribution is -0.116. The molecule has 1 aliphatic heterocycles. The monoisotopic (exact) mass is 291 g/mol. The van der Waals surface area contributed by atoms with E-state index in [2.05, 4.69) is 0 Å². The van der Waals surface area contributed by atoms with Gasteiger partial charge in [0.2, 0.25) is 11.7 Å². The molecule has 0 N–H and O–H groups in total. The minimum Gasteiger partial charge on any atom is -0.289 e. The van der Waals surface area contributed by atoms with Crippen LogP contribution in [-0.4, -0.2) is 17.5 Å². The topological polar surface area (TPSA) is 54.5 Å². The van der Waals surface area contributed by atoms with Gasteiger partial charge in [-0.3, -0.25) is 19.3 Å². The molecule has 0 aliphatic carbocycles. The number of hydrogen-bond acceptors (Lipinski definition) is 3. The minimum atomic E-state index is -0.310. The maximum absolute atomic E-state index is 12.5. The van der Waals surface area contributed by atoms with Gasteiger partial charge in [-0.25, -0.2) is 0 Å². The molecule has 0 saturated carbocycles. The first-order valence-corrected chi connectivity index (χ1v) is 6.85. The maximum atomic E-state index is 12.5. The molecule has 4 nitrogen and oxygen atoms in total. The van der Waals surface area contributed by atoms with Crippen molar-refractivity contribution in [1.29, 1.82) is 0 Å². The third kappa shape index (κ3) is 2.24. The van der Waals surface area contributed by atoms with E-state index in [-0.39, 0.29) is 23.2 Å². The van der Waals surface area contributed by atoms with E-state index in [1.54, 1.807) is 48.5 Å². The molecular weight excluding hydrogens is 278 g/mol. The highest BCUT2D eigenvalue weighted by Gasteiger charge is 2.34. The summed E-state index contributed by atoms with van der Waals surface area (Å²) in [4.78, 5) is 38.0. The van der Waals surface area contributed by atoms with Crippen molar-refractivity contribution in [2.75, 3.05) is 4.90 Å². The van der Waals surface area contributed by atoms with Crippen LogP contribution in [0.4, 0.5) is 5.69 Å². The van der Waals surface area contributed by atoms with E-state index < -0.39 is 0 Å². The van der Waals surface area contributed by atoms with E-state index in [4.69, 9.17) is 0 Å². The molecule has 22 heavy (non-hydrogen) atoms. The number of nitrogens with zero attached hydrogens (tertiary/aromatic N) is 1. The van der Waals surface area contributed by atoms with Crippen LogP contribution in [0.5, 0.6) is 0 Å². The third-order valence-electron chi connectivity index (χ3n) is 3.50. The molecule has 2 aromatic carbocycles. The fraction of sp³-hybridized carbons (Fsp3) is 0.0556. The van der Waals surface area contributed by atoms with Crippen LogP contribution in [0.2, 0.25) is 0 Å². The number of Topliss-reactive ketones (excluding diaryl/α,β-unsaturated/α-hetero) is 1. The van der Waals surface area contributed by atoms with Crippen LogP contribution in [0.15, 0.2) is 66.4 Å². The molecule has 0 aromatic heterocycles. The van der Waals surface area contributed by atoms with Crippen LogP contribution >= 0.6 is 0 Å². The molecule has 0 bridgehead atoms. The van der Waals surface area contributed by atoms with Crippen molar-refractivity contribution in [2.24, 2.45) is 0 Å². The average Bonchev–Trinajstić information content (AvgIpc) is 2.81. The second-order valence-corrected chi connectivity index (χ2v) is 4.96. The zero-order chi connectivity index (χ0) is 15.7. The van der Waals surface area contributed by atoms with Crippen LogP contribution in [0.3, 0.4) is 0 Å². The zero-order valence-electron chi connectivity index (χ0n) is 11.9. The van der Waals surface area contributed by atoms with E-state index in [9.17, 15) is 14.4 Å². The van der Waals surface area contributed by atoms with Gasteiger partial charge in [0.15, 0.2) is 5.78 Å². The number of ketones is 2. The molecule has 1 amide bonds. The summed E-state index contributed by atoms with van der Waals surface area (Å²) in [6.45, 7) is 1.37. The molecule has 1 aliphatic rings. The van der Waals surface area contributed by atoms with Gasteiger partial charge in [-0.1, -0.05) is 42.5 Å². The number of allylic oxidation sites excluding steroid dienone is 2. The fourth-order valence-electron chi connectivity index (χ4n) is 2.51. The first kappa shape index (κ1) is 13.9. The molecule has 0 unspecified atom stereocenters. The second kappa shape index (κ2) is 5.41. The van der Waals surface area contributed by atoms with Crippen molar-refractivity contribution < 1.29 is 14.4 Å². The number of fused-ring (bicyclic) bond motifs is 1. The summed E-state index contributed by atoms with van der Waals surface area (Å²) >= 11 is 0. The molecule has 1 heterocycles. The van der Waals surface area contributed by atoms with Crippen LogP contribution in [-0.2, 0) is 4.79 Å². The van der Waals surface area contributed by atoms with Gasteiger partial charge in [0.25, 0.3) is 0 Å². The van der Waals surface area contributed by atoms with Crippen LogP contribution in [0.25, 0.3) is 0 Å². The largest absolute Gasteiger partial charge is 0.289 e. The predicted molar refractivity (Wildman–Crippen MR) is 82.8 cm³/mol. The van der Waals surface area contributed by atoms with E-state index >= 15 is 0 Å². The molecule has 108 valence electrons. The Kier molecular flexibility index (Phi) is 3.43. The summed E-state index contributed by atoms with van der Waals surface area (Å²) in [5.74, 6) is -0.913. The van der Waals surface area contributed by atoms with Gasteiger partial charge in [0.1, 0.15) is 5.70 Å². The highest BCUT2D eigenvalue weighted by atomic mass is 16.2. The Morgan fingerprint density at radius 1 is 0.955 bits per heavy atom. The molecule has 0 radical (unpaired) electrons. The molecule has 4 heteroatoms. The van der Waals surface area contributed by atoms with Crippen molar-refractivity contribution in [1.82, 2.24) is 0 Å². The summed E-state index contributed by atoms with van der Waals surface area (Å²) in [6, 6.07) is 15.5. The van der Waals surface area contributed by atoms with Gasteiger partial charge < -0.3 is 0 Å². The SMILES string of the molecule is CC(=O)N1/C(=C\C(=O)c2ccccc2)C(=O)c2ccccc21. The molecule has 3 rings (SSSR count). The third-order valence-corrected chi connectivity index (χ3v) is 3.50. The van der Waals surface area contributed by atoms with E-state index in [0.29, 0.717) is 16.8 Å². The summed E-state index contributed by atoms with van der Waals surface area (Å²) in [5.41, 5.74) is 1.53. The number of para-hydroxylation sites is 1. The van der Waals surface area contributed by atoms with Crippen molar-refractivity contribution >= 4 is 23.2 Å². The molecular formula is C18H13NO3. The van der Waals surface area contributed by atoms with Crippen molar-refractivity contribution in [3.05, 3.63) is 77.5 Å². The highest BCUT2D eigenvalue weighted by Crippen LogP contribution is 2.34. The predicted octanol–water partition coefficient (Wildman–Crippen LogP) is 3.00. The molecule has 0 fully saturated rings. The smallest absolute Gasteiger partial charge is 0.228 e. The molecule has 0 spiro atoms. The van der Waals surface area contributed by atoms with Crippen LogP contribution in [0.1, 0.15) is 27.6 Å². The number of anilines is 1. The Labute approximate surface area is 127 Å². The van der Waals surface area contributed by atoms with Crippen LogP contribution < -0.4 is 4.90 Å². The summed E-state index contributed by atoms with van der Waals surface area (Å²) in [7, 11) is 0. The standard InChI is InChI=1S/C18H13NO3/c1-12(20)19-15-10-6-5-9-14(15)18(22)16(19)11-17(21)13-7-3-2-4-8-13/h2-11H,1H3/b16-11-. The van der Waals surface area contributed by atoms with Crippen molar-refractivity contribution in [3.63, 3.8) is 0 Å². The van der Waals surface area contributed by atoms with Gasteiger partial charge in [0, 0.05) is 24.1 Å². The Hall–Kier alpha value is -3.01. The number of carbonyl (C=O) groups is 3. The van der Waals surface area contributed by atoms with Gasteiger partial charge >= 0.3 is 0 Å². The zero-order valence-corrected chi connectivity index (χ0v) is 11.9. The average molecular weight is 291 g/mol. The first-order valence-electron chi connectivity index (χ1n) is 6.85. The van der Waals surface area contributed by atoms with E-state index in [1.807, 2.05) is 6.07 Å². The van der Waals surface area contributed by atoms with Crippen molar-refractivity contribution in [3.8, 4) is 0 Å². The summed E-state index contributed by atoms with van der Waals surface area (Å²) in [5, 5.41) is 0. The van der Waals surface area contributed by atoms with E-state index in [1.165, 1.54) is 17.9 Å². The van der Waals surface area contributed by atoms with Gasteiger partial charge in [0.05, 0.1) is 5.69 Å². The number of amides is 1. The lowest BCUT2D eigenvalue weighted by Crippen LogP contribution is -2.26. The Balaban J connectivity index is 2.07. The van der Waals surface area contributed by atoms with Gasteiger partial charge in [-0.2, -0.15) is 0 Å². The van der Waals surface area contributed by atoms with Gasteiger partial charge in [-0.05, 0) is 12.1 Å². The Morgan fingerprint density at radius 2 is 1.59 bits per heavy atom. The quantitative estimate of drug-likeness (QED) is 0.631. The summed E-state index contributed by atoms with van der Waals surface area (Å²) < 4.78 is 0. The normalized spacial score (nSPS) is 15.0. The summed E-state index contributed by atoms with van der Waals surface area (Å²) in [6.07, 6.45) is 1.24. The maximum Gasteiger partial charge on any atom is 0.228 e.